The number of piperidine rings is 1. The molecule has 0 spiro atoms. The van der Waals surface area contributed by atoms with Gasteiger partial charge in [-0.2, -0.15) is 0 Å². The van der Waals surface area contributed by atoms with Crippen LogP contribution in [0.4, 0.5) is 0 Å². The smallest absolute Gasteiger partial charge is 0.108 e. The van der Waals surface area contributed by atoms with Crippen LogP contribution < -0.4 is 0 Å². The number of hydrogen-bond donors (Lipinski definition) is 0. The second kappa shape index (κ2) is 6.73. The van der Waals surface area contributed by atoms with Crippen molar-refractivity contribution in [3.63, 3.8) is 0 Å². The first-order chi connectivity index (χ1) is 11.8. The van der Waals surface area contributed by atoms with Crippen molar-refractivity contribution in [2.24, 2.45) is 0 Å². The van der Waals surface area contributed by atoms with Crippen molar-refractivity contribution in [3.05, 3.63) is 60.3 Å². The van der Waals surface area contributed by atoms with Gasteiger partial charge in [-0.25, -0.2) is 4.98 Å². The van der Waals surface area contributed by atoms with Crippen molar-refractivity contribution in [1.29, 1.82) is 0 Å². The van der Waals surface area contributed by atoms with Gasteiger partial charge in [-0.3, -0.25) is 9.88 Å². The minimum Gasteiger partial charge on any atom is -0.331 e. The molecule has 0 radical (unpaired) electrons. The molecule has 0 aliphatic carbocycles. The van der Waals surface area contributed by atoms with Crippen molar-refractivity contribution in [2.75, 3.05) is 13.1 Å². The lowest BCUT2D eigenvalue weighted by Gasteiger charge is -2.33. The number of para-hydroxylation sites is 1. The maximum absolute atomic E-state index is 4.83. The molecule has 1 aromatic carbocycles. The van der Waals surface area contributed by atoms with Crippen molar-refractivity contribution in [1.82, 2.24) is 19.4 Å². The number of likely N-dealkylation sites (tertiary alicyclic amines) is 1. The Hall–Kier alpha value is -2.20. The van der Waals surface area contributed by atoms with E-state index in [9.17, 15) is 0 Å². The Balaban J connectivity index is 1.49. The van der Waals surface area contributed by atoms with Gasteiger partial charge >= 0.3 is 0 Å². The monoisotopic (exact) mass is 320 g/mol. The summed E-state index contributed by atoms with van der Waals surface area (Å²) in [7, 11) is 0. The lowest BCUT2D eigenvalue weighted by Crippen LogP contribution is -2.36. The van der Waals surface area contributed by atoms with Gasteiger partial charge in [0.1, 0.15) is 5.82 Å². The number of fused-ring (bicyclic) bond motifs is 1. The van der Waals surface area contributed by atoms with Gasteiger partial charge < -0.3 is 4.57 Å². The first-order valence-corrected chi connectivity index (χ1v) is 8.92. The van der Waals surface area contributed by atoms with Crippen LogP contribution in [-0.2, 0) is 13.0 Å². The van der Waals surface area contributed by atoms with E-state index in [4.69, 9.17) is 4.98 Å². The van der Waals surface area contributed by atoms with Crippen molar-refractivity contribution >= 4 is 10.9 Å². The third-order valence-electron chi connectivity index (χ3n) is 4.98. The number of pyridine rings is 1. The number of benzene rings is 1. The van der Waals surface area contributed by atoms with E-state index >= 15 is 0 Å². The Bertz CT molecular complexity index is 823. The summed E-state index contributed by atoms with van der Waals surface area (Å²) in [4.78, 5) is 11.8. The maximum Gasteiger partial charge on any atom is 0.108 e. The summed E-state index contributed by atoms with van der Waals surface area (Å²) >= 11 is 0. The van der Waals surface area contributed by atoms with Gasteiger partial charge in [0.25, 0.3) is 0 Å². The fourth-order valence-corrected chi connectivity index (χ4v) is 3.78. The van der Waals surface area contributed by atoms with Crippen molar-refractivity contribution < 1.29 is 0 Å². The average Bonchev–Trinajstić information content (AvgIpc) is 3.11. The summed E-state index contributed by atoms with van der Waals surface area (Å²) in [5.74, 6) is 1.20. The van der Waals surface area contributed by atoms with Gasteiger partial charge in [0.15, 0.2) is 0 Å². The van der Waals surface area contributed by atoms with Gasteiger partial charge in [-0.05, 0) is 31.5 Å². The van der Waals surface area contributed by atoms with E-state index in [-0.39, 0.29) is 0 Å². The molecule has 1 fully saturated rings. The fraction of sp³-hybridized carbons (Fsp3) is 0.400. The molecule has 124 valence electrons. The Morgan fingerprint density at radius 2 is 2.08 bits per heavy atom. The minimum atomic E-state index is 0.539. The molecule has 3 heterocycles. The van der Waals surface area contributed by atoms with Crippen LogP contribution in [0.2, 0.25) is 0 Å². The Kier molecular flexibility index (Phi) is 4.30. The van der Waals surface area contributed by atoms with E-state index in [1.807, 2.05) is 6.20 Å². The average molecular weight is 320 g/mol. The predicted octanol–water partition coefficient (Wildman–Crippen LogP) is 3.83. The molecule has 0 bridgehead atoms. The molecule has 1 aliphatic heterocycles. The second-order valence-electron chi connectivity index (χ2n) is 6.63. The third-order valence-corrected chi connectivity index (χ3v) is 4.98. The highest BCUT2D eigenvalue weighted by molar-refractivity contribution is 5.78. The molecule has 4 heteroatoms. The van der Waals surface area contributed by atoms with Gasteiger partial charge in [-0.1, -0.05) is 31.2 Å². The summed E-state index contributed by atoms with van der Waals surface area (Å²) in [5.41, 5.74) is 2.25. The zero-order valence-corrected chi connectivity index (χ0v) is 14.2. The van der Waals surface area contributed by atoms with Gasteiger partial charge in [0.05, 0.1) is 11.2 Å². The SMILES string of the molecule is CCc1nccn1[C@H]1CCCN(Cc2ccc3ccccc3n2)C1. The van der Waals surface area contributed by atoms with E-state index in [2.05, 4.69) is 64.0 Å². The molecular weight excluding hydrogens is 296 g/mol. The first kappa shape index (κ1) is 15.3. The molecular formula is C20H24N4. The highest BCUT2D eigenvalue weighted by atomic mass is 15.2. The van der Waals surface area contributed by atoms with Crippen LogP contribution in [0.5, 0.6) is 0 Å². The quantitative estimate of drug-likeness (QED) is 0.732. The first-order valence-electron chi connectivity index (χ1n) is 8.92. The summed E-state index contributed by atoms with van der Waals surface area (Å²) in [6, 6.07) is 13.2. The normalized spacial score (nSPS) is 19.0. The van der Waals surface area contributed by atoms with E-state index in [0.717, 1.165) is 37.3 Å². The van der Waals surface area contributed by atoms with Crippen LogP contribution in [0.25, 0.3) is 10.9 Å². The number of aryl methyl sites for hydroxylation is 1. The molecule has 4 nitrogen and oxygen atoms in total. The Labute approximate surface area is 143 Å². The number of imidazole rings is 1. The third kappa shape index (κ3) is 3.06. The van der Waals surface area contributed by atoms with Crippen LogP contribution >= 0.6 is 0 Å². The van der Waals surface area contributed by atoms with Crippen molar-refractivity contribution in [2.45, 2.75) is 38.8 Å². The molecule has 0 N–H and O–H groups in total. The lowest BCUT2D eigenvalue weighted by atomic mass is 10.0. The lowest BCUT2D eigenvalue weighted by molar-refractivity contribution is 0.167. The molecule has 1 atom stereocenters. The number of aromatic nitrogens is 3. The van der Waals surface area contributed by atoms with Crippen LogP contribution in [0, 0.1) is 0 Å². The van der Waals surface area contributed by atoms with Crippen molar-refractivity contribution in [3.8, 4) is 0 Å². The zero-order valence-electron chi connectivity index (χ0n) is 14.2. The fourth-order valence-electron chi connectivity index (χ4n) is 3.78. The van der Waals surface area contributed by atoms with Gasteiger partial charge in [0.2, 0.25) is 0 Å². The topological polar surface area (TPSA) is 34.0 Å². The summed E-state index contributed by atoms with van der Waals surface area (Å²) < 4.78 is 2.37. The standard InChI is InChI=1S/C20H24N4/c1-2-20-21-11-13-24(20)18-7-5-12-23(15-18)14-17-10-9-16-6-3-4-8-19(16)22-17/h3-4,6,8-11,13,18H,2,5,7,12,14-15H2,1H3/t18-/m0/s1. The summed E-state index contributed by atoms with van der Waals surface area (Å²) in [5, 5.41) is 1.21. The molecule has 3 aromatic rings. The molecule has 0 saturated carbocycles. The molecule has 24 heavy (non-hydrogen) atoms. The van der Waals surface area contributed by atoms with E-state index in [1.165, 1.54) is 24.1 Å². The summed E-state index contributed by atoms with van der Waals surface area (Å²) in [6.45, 7) is 5.34. The van der Waals surface area contributed by atoms with Crippen LogP contribution in [-0.4, -0.2) is 32.5 Å². The largest absolute Gasteiger partial charge is 0.331 e. The maximum atomic E-state index is 4.83. The molecule has 0 unspecified atom stereocenters. The zero-order chi connectivity index (χ0) is 16.4. The minimum absolute atomic E-state index is 0.539. The van der Waals surface area contributed by atoms with Crippen LogP contribution in [0.1, 0.15) is 37.3 Å². The number of rotatable bonds is 4. The predicted molar refractivity (Wildman–Crippen MR) is 96.9 cm³/mol. The Morgan fingerprint density at radius 3 is 3.00 bits per heavy atom. The Morgan fingerprint density at radius 1 is 1.17 bits per heavy atom. The number of nitrogens with zero attached hydrogens (tertiary/aromatic N) is 4. The van der Waals surface area contributed by atoms with Crippen LogP contribution in [0.3, 0.4) is 0 Å². The summed E-state index contributed by atoms with van der Waals surface area (Å²) in [6.07, 6.45) is 7.55. The molecule has 1 aliphatic rings. The second-order valence-corrected chi connectivity index (χ2v) is 6.63. The molecule has 2 aromatic heterocycles. The highest BCUT2D eigenvalue weighted by Gasteiger charge is 2.22. The molecule has 0 amide bonds. The number of hydrogen-bond acceptors (Lipinski definition) is 3. The molecule has 4 rings (SSSR count). The van der Waals surface area contributed by atoms with Gasteiger partial charge in [-0.15, -0.1) is 0 Å². The van der Waals surface area contributed by atoms with Crippen LogP contribution in [0.15, 0.2) is 48.8 Å². The van der Waals surface area contributed by atoms with E-state index in [0.29, 0.717) is 6.04 Å². The van der Waals surface area contributed by atoms with E-state index in [1.54, 1.807) is 0 Å². The molecule has 1 saturated heterocycles. The highest BCUT2D eigenvalue weighted by Crippen LogP contribution is 2.24. The van der Waals surface area contributed by atoms with Gasteiger partial charge in [0, 0.05) is 43.3 Å². The van der Waals surface area contributed by atoms with E-state index < -0.39 is 0 Å².